The molecule has 1 heterocycles. The van der Waals surface area contributed by atoms with Crippen molar-refractivity contribution in [1.82, 2.24) is 5.43 Å². The summed E-state index contributed by atoms with van der Waals surface area (Å²) >= 11 is 6.09. The highest BCUT2D eigenvalue weighted by atomic mass is 35.5. The average Bonchev–Trinajstić information content (AvgIpc) is 3.00. The Morgan fingerprint density at radius 1 is 0.774 bits per heavy atom. The molecule has 0 fully saturated rings. The Labute approximate surface area is 186 Å². The number of hydrogen-bond acceptors (Lipinski definition) is 4. The van der Waals surface area contributed by atoms with Crippen molar-refractivity contribution in [2.75, 3.05) is 19.0 Å². The second-order valence-corrected chi connectivity index (χ2v) is 8.10. The highest BCUT2D eigenvalue weighted by Crippen LogP contribution is 2.34. The van der Waals surface area contributed by atoms with Crippen LogP contribution in [-0.4, -0.2) is 25.6 Å². The molecule has 1 N–H and O–H groups in total. The first-order valence-electron chi connectivity index (χ1n) is 10.1. The van der Waals surface area contributed by atoms with E-state index >= 15 is 0 Å². The molecule has 1 aliphatic rings. The lowest BCUT2D eigenvalue weighted by molar-refractivity contribution is 1.03. The van der Waals surface area contributed by atoms with Gasteiger partial charge in [-0.05, 0) is 47.9 Å². The number of halogens is 1. The molecule has 0 amide bonds. The standard InChI is InChI=1S/C26H21ClN4/c1-31(2)21-14-9-18(10-15-21)24-23-16-11-17-5-3-4-6-22(17)25(23)28-26(30-29-24)19-7-12-20(27)13-8-19/h3-16H,1-2H3,(H,28,30). The Morgan fingerprint density at radius 2 is 1.48 bits per heavy atom. The maximum absolute atomic E-state index is 6.09. The van der Waals surface area contributed by atoms with Gasteiger partial charge in [0.1, 0.15) is 0 Å². The van der Waals surface area contributed by atoms with E-state index in [0.29, 0.717) is 10.9 Å². The first-order chi connectivity index (χ1) is 15.1. The van der Waals surface area contributed by atoms with E-state index in [1.54, 1.807) is 0 Å². The summed E-state index contributed by atoms with van der Waals surface area (Å²) < 4.78 is 0. The van der Waals surface area contributed by atoms with Gasteiger partial charge in [-0.15, -0.1) is 0 Å². The zero-order valence-corrected chi connectivity index (χ0v) is 18.1. The second kappa shape index (κ2) is 7.89. The molecule has 5 heteroatoms. The molecule has 0 aliphatic carbocycles. The Kier molecular flexibility index (Phi) is 4.92. The van der Waals surface area contributed by atoms with E-state index in [1.807, 2.05) is 50.5 Å². The predicted octanol–water partition coefficient (Wildman–Crippen LogP) is 5.99. The van der Waals surface area contributed by atoms with E-state index in [4.69, 9.17) is 21.7 Å². The summed E-state index contributed by atoms with van der Waals surface area (Å²) in [6, 6.07) is 28.6. The molecule has 0 saturated carbocycles. The third-order valence-corrected chi connectivity index (χ3v) is 5.68. The monoisotopic (exact) mass is 424 g/mol. The molecule has 31 heavy (non-hydrogen) atoms. The zero-order valence-electron chi connectivity index (χ0n) is 17.3. The molecule has 4 nitrogen and oxygen atoms in total. The first-order valence-corrected chi connectivity index (χ1v) is 10.5. The van der Waals surface area contributed by atoms with Crippen molar-refractivity contribution >= 4 is 45.3 Å². The fourth-order valence-electron chi connectivity index (χ4n) is 3.75. The molecule has 152 valence electrons. The third-order valence-electron chi connectivity index (χ3n) is 5.43. The van der Waals surface area contributed by atoms with E-state index in [1.165, 1.54) is 0 Å². The fraction of sp³-hybridized carbons (Fsp3) is 0.0769. The molecule has 1 aliphatic heterocycles. The van der Waals surface area contributed by atoms with Crippen LogP contribution in [-0.2, 0) is 0 Å². The normalized spacial score (nSPS) is 13.0. The van der Waals surface area contributed by atoms with Gasteiger partial charge in [-0.25, -0.2) is 4.99 Å². The summed E-state index contributed by atoms with van der Waals surface area (Å²) in [5.41, 5.74) is 9.06. The van der Waals surface area contributed by atoms with E-state index in [-0.39, 0.29) is 0 Å². The van der Waals surface area contributed by atoms with Crippen LogP contribution < -0.4 is 10.3 Å². The molecule has 0 spiro atoms. The summed E-state index contributed by atoms with van der Waals surface area (Å²) in [4.78, 5) is 7.11. The summed E-state index contributed by atoms with van der Waals surface area (Å²) in [5.74, 6) is 0.689. The van der Waals surface area contributed by atoms with Crippen LogP contribution in [0.2, 0.25) is 5.02 Å². The van der Waals surface area contributed by atoms with Gasteiger partial charge in [-0.1, -0.05) is 54.1 Å². The summed E-state index contributed by atoms with van der Waals surface area (Å²) in [6.07, 6.45) is 0. The number of fused-ring (bicyclic) bond motifs is 3. The summed E-state index contributed by atoms with van der Waals surface area (Å²) in [7, 11) is 4.07. The molecule has 4 aromatic carbocycles. The van der Waals surface area contributed by atoms with Crippen LogP contribution in [0.15, 0.2) is 95.0 Å². The van der Waals surface area contributed by atoms with E-state index in [9.17, 15) is 0 Å². The Morgan fingerprint density at radius 3 is 2.23 bits per heavy atom. The Hall–Kier alpha value is -3.63. The Balaban J connectivity index is 1.71. The maximum Gasteiger partial charge on any atom is 0.154 e. The number of hydrazone groups is 1. The largest absolute Gasteiger partial charge is 0.378 e. The van der Waals surface area contributed by atoms with E-state index in [0.717, 1.165) is 44.5 Å². The van der Waals surface area contributed by atoms with Gasteiger partial charge in [-0.3, -0.25) is 5.43 Å². The van der Waals surface area contributed by atoms with Crippen molar-refractivity contribution in [2.24, 2.45) is 10.1 Å². The van der Waals surface area contributed by atoms with Crippen LogP contribution in [0.3, 0.4) is 0 Å². The number of benzene rings is 4. The number of rotatable bonds is 3. The van der Waals surface area contributed by atoms with Gasteiger partial charge in [0.2, 0.25) is 0 Å². The zero-order chi connectivity index (χ0) is 21.4. The quantitative estimate of drug-likeness (QED) is 0.438. The van der Waals surface area contributed by atoms with Crippen molar-refractivity contribution in [2.45, 2.75) is 0 Å². The van der Waals surface area contributed by atoms with Crippen LogP contribution in [0.25, 0.3) is 10.8 Å². The molecule has 5 rings (SSSR count). The minimum absolute atomic E-state index is 0.689. The van der Waals surface area contributed by atoms with Gasteiger partial charge < -0.3 is 4.90 Å². The maximum atomic E-state index is 6.09. The van der Waals surface area contributed by atoms with Crippen LogP contribution in [0.1, 0.15) is 16.7 Å². The molecule has 0 bridgehead atoms. The van der Waals surface area contributed by atoms with Crippen LogP contribution in [0, 0.1) is 0 Å². The first kappa shape index (κ1) is 19.3. The number of aliphatic imine (C=N–C) groups is 1. The van der Waals surface area contributed by atoms with E-state index in [2.05, 4.69) is 58.9 Å². The van der Waals surface area contributed by atoms with Crippen molar-refractivity contribution in [1.29, 1.82) is 0 Å². The van der Waals surface area contributed by atoms with Crippen molar-refractivity contribution < 1.29 is 0 Å². The minimum atomic E-state index is 0.689. The van der Waals surface area contributed by atoms with Gasteiger partial charge in [0.15, 0.2) is 5.84 Å². The molecule has 0 atom stereocenters. The van der Waals surface area contributed by atoms with Gasteiger partial charge in [-0.2, -0.15) is 5.10 Å². The minimum Gasteiger partial charge on any atom is -0.378 e. The summed E-state index contributed by atoms with van der Waals surface area (Å²) in [6.45, 7) is 0. The highest BCUT2D eigenvalue weighted by Gasteiger charge is 2.19. The lowest BCUT2D eigenvalue weighted by Gasteiger charge is -2.14. The smallest absolute Gasteiger partial charge is 0.154 e. The summed E-state index contributed by atoms with van der Waals surface area (Å²) in [5, 5.41) is 7.71. The third kappa shape index (κ3) is 3.66. The highest BCUT2D eigenvalue weighted by molar-refractivity contribution is 6.30. The number of nitrogens with one attached hydrogen (secondary N) is 1. The van der Waals surface area contributed by atoms with Crippen molar-refractivity contribution in [3.8, 4) is 0 Å². The van der Waals surface area contributed by atoms with Crippen molar-refractivity contribution in [3.63, 3.8) is 0 Å². The lowest BCUT2D eigenvalue weighted by atomic mass is 9.96. The van der Waals surface area contributed by atoms with Crippen LogP contribution in [0.4, 0.5) is 11.4 Å². The lowest BCUT2D eigenvalue weighted by Crippen LogP contribution is -2.19. The molecular weight excluding hydrogens is 404 g/mol. The average molecular weight is 425 g/mol. The second-order valence-electron chi connectivity index (χ2n) is 7.66. The topological polar surface area (TPSA) is 40.0 Å². The predicted molar refractivity (Wildman–Crippen MR) is 131 cm³/mol. The Bertz CT molecular complexity index is 1320. The van der Waals surface area contributed by atoms with Gasteiger partial charge >= 0.3 is 0 Å². The molecule has 0 unspecified atom stereocenters. The van der Waals surface area contributed by atoms with Gasteiger partial charge in [0.25, 0.3) is 0 Å². The number of anilines is 1. The fourth-order valence-corrected chi connectivity index (χ4v) is 3.87. The number of nitrogens with zero attached hydrogens (tertiary/aromatic N) is 3. The van der Waals surface area contributed by atoms with Crippen molar-refractivity contribution in [3.05, 3.63) is 107 Å². The molecule has 0 saturated heterocycles. The van der Waals surface area contributed by atoms with Crippen LogP contribution >= 0.6 is 11.6 Å². The molecule has 0 aromatic heterocycles. The number of amidine groups is 1. The molecule has 0 radical (unpaired) electrons. The number of hydrogen-bond donors (Lipinski definition) is 1. The SMILES string of the molecule is CN(C)c1ccc(C2=NNC(c3ccc(Cl)cc3)=Nc3c2ccc2ccccc32)cc1. The van der Waals surface area contributed by atoms with Crippen LogP contribution in [0.5, 0.6) is 0 Å². The van der Waals surface area contributed by atoms with E-state index < -0.39 is 0 Å². The molecular formula is C26H21ClN4. The van der Waals surface area contributed by atoms with Gasteiger partial charge in [0.05, 0.1) is 11.4 Å². The molecule has 4 aromatic rings. The van der Waals surface area contributed by atoms with Gasteiger partial charge in [0, 0.05) is 46.9 Å².